The third-order valence-corrected chi connectivity index (χ3v) is 5.14. The van der Waals surface area contributed by atoms with Crippen molar-refractivity contribution in [2.75, 3.05) is 20.7 Å². The standard InChI is InChI=1S/C15H24N2O3S/c1-6-9-17(12(2)3)21(18,19)15-10-13(11-16-4)7-8-14(15)20-5/h6-8,10,12,16H,1,9,11H2,2-5H3. The molecule has 0 heterocycles. The van der Waals surface area contributed by atoms with Gasteiger partial charge >= 0.3 is 0 Å². The number of hydrogen-bond donors (Lipinski definition) is 1. The number of nitrogens with one attached hydrogen (secondary N) is 1. The van der Waals surface area contributed by atoms with Crippen LogP contribution in [0.25, 0.3) is 0 Å². The van der Waals surface area contributed by atoms with Crippen LogP contribution in [0.4, 0.5) is 0 Å². The maximum Gasteiger partial charge on any atom is 0.247 e. The van der Waals surface area contributed by atoms with Gasteiger partial charge in [0, 0.05) is 19.1 Å². The molecule has 0 amide bonds. The lowest BCUT2D eigenvalue weighted by molar-refractivity contribution is 0.372. The summed E-state index contributed by atoms with van der Waals surface area (Å²) in [6.45, 7) is 8.17. The van der Waals surface area contributed by atoms with Crippen molar-refractivity contribution in [3.05, 3.63) is 36.4 Å². The van der Waals surface area contributed by atoms with Crippen LogP contribution in [0.1, 0.15) is 19.4 Å². The van der Waals surface area contributed by atoms with E-state index in [2.05, 4.69) is 11.9 Å². The topological polar surface area (TPSA) is 58.6 Å². The highest BCUT2D eigenvalue weighted by Crippen LogP contribution is 2.29. The zero-order valence-corrected chi connectivity index (χ0v) is 13.9. The minimum Gasteiger partial charge on any atom is -0.495 e. The van der Waals surface area contributed by atoms with E-state index in [9.17, 15) is 8.42 Å². The van der Waals surface area contributed by atoms with E-state index in [0.717, 1.165) is 5.56 Å². The average Bonchev–Trinajstić information content (AvgIpc) is 2.44. The smallest absolute Gasteiger partial charge is 0.247 e. The number of benzene rings is 1. The summed E-state index contributed by atoms with van der Waals surface area (Å²) in [6.07, 6.45) is 1.58. The van der Waals surface area contributed by atoms with E-state index >= 15 is 0 Å². The number of ether oxygens (including phenoxy) is 1. The first kappa shape index (κ1) is 17.7. The van der Waals surface area contributed by atoms with E-state index in [1.54, 1.807) is 18.2 Å². The maximum absolute atomic E-state index is 12.9. The van der Waals surface area contributed by atoms with E-state index in [1.807, 2.05) is 27.0 Å². The molecule has 118 valence electrons. The number of sulfonamides is 1. The van der Waals surface area contributed by atoms with Gasteiger partial charge in [0.25, 0.3) is 0 Å². The summed E-state index contributed by atoms with van der Waals surface area (Å²) in [7, 11) is -0.349. The molecule has 0 atom stereocenters. The van der Waals surface area contributed by atoms with Crippen molar-refractivity contribution < 1.29 is 13.2 Å². The van der Waals surface area contributed by atoms with Gasteiger partial charge in [-0.3, -0.25) is 0 Å². The molecule has 0 spiro atoms. The van der Waals surface area contributed by atoms with Crippen LogP contribution in [-0.2, 0) is 16.6 Å². The fraction of sp³-hybridized carbons (Fsp3) is 0.467. The number of methoxy groups -OCH3 is 1. The first-order valence-corrected chi connectivity index (χ1v) is 8.26. The van der Waals surface area contributed by atoms with Crippen molar-refractivity contribution in [3.63, 3.8) is 0 Å². The Bertz CT molecular complexity index is 583. The summed E-state index contributed by atoms with van der Waals surface area (Å²) in [6, 6.07) is 5.03. The zero-order chi connectivity index (χ0) is 16.0. The molecule has 1 aromatic carbocycles. The van der Waals surface area contributed by atoms with Crippen LogP contribution in [0.15, 0.2) is 35.7 Å². The van der Waals surface area contributed by atoms with Crippen LogP contribution < -0.4 is 10.1 Å². The summed E-state index contributed by atoms with van der Waals surface area (Å²) >= 11 is 0. The van der Waals surface area contributed by atoms with Gasteiger partial charge in [-0.25, -0.2) is 8.42 Å². The molecule has 1 N–H and O–H groups in total. The molecule has 0 saturated heterocycles. The van der Waals surface area contributed by atoms with Gasteiger partial charge in [-0.05, 0) is 38.6 Å². The third-order valence-electron chi connectivity index (χ3n) is 3.08. The van der Waals surface area contributed by atoms with Gasteiger partial charge in [0.1, 0.15) is 10.6 Å². The molecular weight excluding hydrogens is 288 g/mol. The minimum atomic E-state index is -3.64. The largest absolute Gasteiger partial charge is 0.495 e. The van der Waals surface area contributed by atoms with E-state index in [4.69, 9.17) is 4.74 Å². The Morgan fingerprint density at radius 3 is 2.57 bits per heavy atom. The first-order chi connectivity index (χ1) is 9.88. The lowest BCUT2D eigenvalue weighted by atomic mass is 10.2. The molecule has 0 fully saturated rings. The van der Waals surface area contributed by atoms with Crippen molar-refractivity contribution in [2.24, 2.45) is 0 Å². The fourth-order valence-electron chi connectivity index (χ4n) is 2.08. The first-order valence-electron chi connectivity index (χ1n) is 6.82. The van der Waals surface area contributed by atoms with Crippen LogP contribution in [0, 0.1) is 0 Å². The normalized spacial score (nSPS) is 11.9. The molecule has 0 aliphatic heterocycles. The van der Waals surface area contributed by atoms with Gasteiger partial charge in [0.2, 0.25) is 10.0 Å². The summed E-state index contributed by atoms with van der Waals surface area (Å²) in [5.74, 6) is 0.351. The van der Waals surface area contributed by atoms with Gasteiger partial charge < -0.3 is 10.1 Å². The predicted molar refractivity (Wildman–Crippen MR) is 85.0 cm³/mol. The average molecular weight is 312 g/mol. The van der Waals surface area contributed by atoms with Crippen LogP contribution in [0.2, 0.25) is 0 Å². The Morgan fingerprint density at radius 2 is 2.10 bits per heavy atom. The highest BCUT2D eigenvalue weighted by atomic mass is 32.2. The molecule has 1 aromatic rings. The number of nitrogens with zero attached hydrogens (tertiary/aromatic N) is 1. The molecule has 1 rings (SSSR count). The van der Waals surface area contributed by atoms with Crippen molar-refractivity contribution in [1.29, 1.82) is 0 Å². The van der Waals surface area contributed by atoms with Crippen molar-refractivity contribution in [2.45, 2.75) is 31.3 Å². The van der Waals surface area contributed by atoms with Crippen molar-refractivity contribution in [3.8, 4) is 5.75 Å². The Kier molecular flexibility index (Phi) is 6.39. The number of hydrogen-bond acceptors (Lipinski definition) is 4. The second kappa shape index (κ2) is 7.59. The Labute approximate surface area is 127 Å². The molecule has 0 aromatic heterocycles. The summed E-state index contributed by atoms with van der Waals surface area (Å²) in [4.78, 5) is 0.188. The fourth-order valence-corrected chi connectivity index (χ4v) is 3.89. The van der Waals surface area contributed by atoms with Gasteiger partial charge in [-0.1, -0.05) is 12.1 Å². The van der Waals surface area contributed by atoms with Crippen LogP contribution in [-0.4, -0.2) is 39.5 Å². The lowest BCUT2D eigenvalue weighted by Crippen LogP contribution is -2.37. The van der Waals surface area contributed by atoms with Gasteiger partial charge in [-0.2, -0.15) is 4.31 Å². The van der Waals surface area contributed by atoms with E-state index in [1.165, 1.54) is 11.4 Å². The third kappa shape index (κ3) is 4.06. The van der Waals surface area contributed by atoms with Crippen LogP contribution in [0.5, 0.6) is 5.75 Å². The van der Waals surface area contributed by atoms with Gasteiger partial charge in [0.15, 0.2) is 0 Å². The molecule has 5 nitrogen and oxygen atoms in total. The molecular formula is C15H24N2O3S. The molecule has 0 radical (unpaired) electrons. The monoisotopic (exact) mass is 312 g/mol. The van der Waals surface area contributed by atoms with E-state index in [-0.39, 0.29) is 17.5 Å². The summed E-state index contributed by atoms with van der Waals surface area (Å²) in [5.41, 5.74) is 0.888. The molecule has 6 heteroatoms. The molecule has 21 heavy (non-hydrogen) atoms. The molecule has 0 unspecified atom stereocenters. The number of rotatable bonds is 8. The highest BCUT2D eigenvalue weighted by molar-refractivity contribution is 7.89. The maximum atomic E-state index is 12.9. The Hall–Kier alpha value is -1.37. The Balaban J connectivity index is 3.39. The minimum absolute atomic E-state index is 0.161. The molecule has 0 bridgehead atoms. The van der Waals surface area contributed by atoms with Crippen molar-refractivity contribution >= 4 is 10.0 Å². The van der Waals surface area contributed by atoms with E-state index in [0.29, 0.717) is 12.3 Å². The van der Waals surface area contributed by atoms with E-state index < -0.39 is 10.0 Å². The lowest BCUT2D eigenvalue weighted by Gasteiger charge is -2.25. The molecule has 0 aliphatic carbocycles. The van der Waals surface area contributed by atoms with Gasteiger partial charge in [0.05, 0.1) is 7.11 Å². The zero-order valence-electron chi connectivity index (χ0n) is 13.1. The van der Waals surface area contributed by atoms with Crippen LogP contribution in [0.3, 0.4) is 0 Å². The summed E-state index contributed by atoms with van der Waals surface area (Å²) in [5, 5.41) is 3.01. The summed E-state index contributed by atoms with van der Waals surface area (Å²) < 4.78 is 32.4. The quantitative estimate of drug-likeness (QED) is 0.746. The van der Waals surface area contributed by atoms with Crippen LogP contribution >= 0.6 is 0 Å². The molecule has 0 saturated carbocycles. The Morgan fingerprint density at radius 1 is 1.43 bits per heavy atom. The second-order valence-electron chi connectivity index (χ2n) is 4.97. The predicted octanol–water partition coefficient (Wildman–Crippen LogP) is 2.00. The molecule has 0 aliphatic rings. The van der Waals surface area contributed by atoms with Crippen molar-refractivity contribution in [1.82, 2.24) is 9.62 Å². The van der Waals surface area contributed by atoms with Gasteiger partial charge in [-0.15, -0.1) is 6.58 Å². The SMILES string of the molecule is C=CCN(C(C)C)S(=O)(=O)c1cc(CNC)ccc1OC. The second-order valence-corrected chi connectivity index (χ2v) is 6.83. The highest BCUT2D eigenvalue weighted by Gasteiger charge is 2.29.